The van der Waals surface area contributed by atoms with Gasteiger partial charge in [-0.25, -0.2) is 9.52 Å². The fourth-order valence-corrected chi connectivity index (χ4v) is 6.62. The van der Waals surface area contributed by atoms with Crippen molar-refractivity contribution < 1.29 is 18.3 Å². The zero-order valence-corrected chi connectivity index (χ0v) is 19.7. The first-order chi connectivity index (χ1) is 16.2. The summed E-state index contributed by atoms with van der Waals surface area (Å²) in [7, 11) is -4.24. The number of hydrogen-bond acceptors (Lipinski definition) is 5. The van der Waals surface area contributed by atoms with Gasteiger partial charge in [-0.3, -0.25) is 4.68 Å². The number of aromatic nitrogens is 2. The van der Waals surface area contributed by atoms with E-state index in [1.807, 2.05) is 24.3 Å². The Bertz CT molecular complexity index is 1420. The van der Waals surface area contributed by atoms with Gasteiger partial charge in [0.15, 0.2) is 5.03 Å². The molecule has 0 spiro atoms. The molecule has 34 heavy (non-hydrogen) atoms. The summed E-state index contributed by atoms with van der Waals surface area (Å²) in [6.07, 6.45) is 5.81. The van der Waals surface area contributed by atoms with Gasteiger partial charge in [0.1, 0.15) is 5.60 Å². The number of amides is 2. The van der Waals surface area contributed by atoms with E-state index < -0.39 is 21.7 Å². The van der Waals surface area contributed by atoms with Crippen molar-refractivity contribution in [1.29, 1.82) is 0 Å². The number of nitrogens with one attached hydrogen (secondary N) is 2. The smallest absolute Gasteiger partial charge is 0.333 e. The molecule has 0 fully saturated rings. The number of rotatable bonds is 3. The van der Waals surface area contributed by atoms with Gasteiger partial charge >= 0.3 is 6.03 Å². The fourth-order valence-electron chi connectivity index (χ4n) is 5.75. The van der Waals surface area contributed by atoms with E-state index >= 15 is 0 Å². The third kappa shape index (κ3) is 3.25. The van der Waals surface area contributed by atoms with Crippen LogP contribution in [0.4, 0.5) is 10.5 Å². The van der Waals surface area contributed by atoms with Crippen LogP contribution in [-0.2, 0) is 47.9 Å². The van der Waals surface area contributed by atoms with Crippen LogP contribution in [-0.4, -0.2) is 29.3 Å². The van der Waals surface area contributed by atoms with Crippen LogP contribution in [0, 0.1) is 0 Å². The van der Waals surface area contributed by atoms with Crippen molar-refractivity contribution in [3.05, 3.63) is 75.5 Å². The lowest BCUT2D eigenvalue weighted by Gasteiger charge is -2.31. The minimum Gasteiger partial charge on any atom is -0.379 e. The number of aryl methyl sites for hydroxylation is 2. The predicted molar refractivity (Wildman–Crippen MR) is 126 cm³/mol. The Morgan fingerprint density at radius 3 is 2.41 bits per heavy atom. The predicted octanol–water partition coefficient (Wildman–Crippen LogP) is 2.99. The highest BCUT2D eigenvalue weighted by Crippen LogP contribution is 2.39. The van der Waals surface area contributed by atoms with Gasteiger partial charge in [-0.05, 0) is 78.8 Å². The molecule has 0 saturated heterocycles. The van der Waals surface area contributed by atoms with E-state index in [-0.39, 0.29) is 5.03 Å². The molecule has 176 valence electrons. The number of fused-ring (bicyclic) bond motifs is 4. The molecule has 1 aliphatic heterocycles. The highest BCUT2D eigenvalue weighted by Gasteiger charge is 2.38. The molecular formula is C25H26N4O4S. The van der Waals surface area contributed by atoms with Crippen LogP contribution in [0.25, 0.3) is 0 Å². The maximum absolute atomic E-state index is 13.1. The third-order valence-corrected chi connectivity index (χ3v) is 8.54. The zero-order chi connectivity index (χ0) is 23.7. The van der Waals surface area contributed by atoms with E-state index in [0.717, 1.165) is 60.9 Å². The minimum absolute atomic E-state index is 0.297. The van der Waals surface area contributed by atoms with E-state index in [1.165, 1.54) is 21.9 Å². The Hall–Kier alpha value is -3.17. The highest BCUT2D eigenvalue weighted by molar-refractivity contribution is 7.90. The molecular weight excluding hydrogens is 452 g/mol. The monoisotopic (exact) mass is 478 g/mol. The molecule has 2 amide bonds. The van der Waals surface area contributed by atoms with Gasteiger partial charge in [0.05, 0.1) is 12.2 Å². The lowest BCUT2D eigenvalue weighted by Crippen LogP contribution is -2.35. The number of nitrogens with zero attached hydrogens (tertiary/aromatic N) is 2. The zero-order valence-electron chi connectivity index (χ0n) is 18.9. The number of benzene rings is 2. The molecule has 6 rings (SSSR count). The summed E-state index contributed by atoms with van der Waals surface area (Å²) < 4.78 is 29.7. The molecule has 3 aliphatic rings. The van der Waals surface area contributed by atoms with Crippen LogP contribution in [0.5, 0.6) is 0 Å². The average molecular weight is 479 g/mol. The fraction of sp³-hybridized carbons (Fsp3) is 0.360. The molecule has 2 aliphatic carbocycles. The number of carbonyl (C=O) groups is 1. The quantitative estimate of drug-likeness (QED) is 0.536. The molecule has 1 unspecified atom stereocenters. The summed E-state index contributed by atoms with van der Waals surface area (Å²) in [5, 5.41) is 17.9. The van der Waals surface area contributed by atoms with Crippen LogP contribution in [0.3, 0.4) is 0 Å². The Labute approximate surface area is 198 Å². The second-order valence-electron chi connectivity index (χ2n) is 9.55. The van der Waals surface area contributed by atoms with Gasteiger partial charge in [0.25, 0.3) is 10.0 Å². The SMILES string of the molecule is CC1(O)c2ccccc2Cn2nc(S(=O)(=O)NC(=O)Nc3c4c(cc5c3CCC5)CCC4)cc21. The number of aliphatic hydroxyl groups is 1. The van der Waals surface area contributed by atoms with Crippen LogP contribution >= 0.6 is 0 Å². The van der Waals surface area contributed by atoms with Crippen molar-refractivity contribution in [3.8, 4) is 0 Å². The van der Waals surface area contributed by atoms with Gasteiger partial charge < -0.3 is 10.4 Å². The van der Waals surface area contributed by atoms with Crippen LogP contribution in [0.2, 0.25) is 0 Å². The Morgan fingerprint density at radius 1 is 1.03 bits per heavy atom. The topological polar surface area (TPSA) is 113 Å². The first kappa shape index (κ1) is 21.4. The minimum atomic E-state index is -4.24. The van der Waals surface area contributed by atoms with Crippen LogP contribution < -0.4 is 10.0 Å². The summed E-state index contributed by atoms with van der Waals surface area (Å²) in [6.45, 7) is 1.96. The number of carbonyl (C=O) groups excluding carboxylic acids is 1. The van der Waals surface area contributed by atoms with E-state index in [2.05, 4.69) is 21.2 Å². The lowest BCUT2D eigenvalue weighted by molar-refractivity contribution is 0.0854. The van der Waals surface area contributed by atoms with Gasteiger partial charge in [0.2, 0.25) is 0 Å². The van der Waals surface area contributed by atoms with Crippen LogP contribution in [0.15, 0.2) is 41.4 Å². The maximum Gasteiger partial charge on any atom is 0.333 e. The summed E-state index contributed by atoms with van der Waals surface area (Å²) >= 11 is 0. The molecule has 3 aromatic rings. The van der Waals surface area contributed by atoms with Gasteiger partial charge in [-0.2, -0.15) is 13.5 Å². The number of hydrogen-bond donors (Lipinski definition) is 3. The average Bonchev–Trinajstić information content (AvgIpc) is 3.52. The van der Waals surface area contributed by atoms with Crippen LogP contribution in [0.1, 0.15) is 58.8 Å². The summed E-state index contributed by atoms with van der Waals surface area (Å²) in [5.41, 5.74) is 6.07. The summed E-state index contributed by atoms with van der Waals surface area (Å²) in [6, 6.07) is 10.2. The molecule has 0 bridgehead atoms. The first-order valence-electron chi connectivity index (χ1n) is 11.6. The van der Waals surface area contributed by atoms with Crippen molar-refractivity contribution in [2.75, 3.05) is 5.32 Å². The first-order valence-corrected chi connectivity index (χ1v) is 13.1. The second kappa shape index (κ2) is 7.41. The third-order valence-electron chi connectivity index (χ3n) is 7.33. The Morgan fingerprint density at radius 2 is 1.71 bits per heavy atom. The van der Waals surface area contributed by atoms with Crippen molar-refractivity contribution in [2.45, 2.75) is 62.6 Å². The molecule has 0 radical (unpaired) electrons. The van der Waals surface area contributed by atoms with Crippen molar-refractivity contribution in [3.63, 3.8) is 0 Å². The van der Waals surface area contributed by atoms with E-state index in [4.69, 9.17) is 0 Å². The Balaban J connectivity index is 1.28. The molecule has 2 heterocycles. The maximum atomic E-state index is 13.1. The molecule has 1 aromatic heterocycles. The molecule has 9 heteroatoms. The lowest BCUT2D eigenvalue weighted by atomic mass is 9.86. The van der Waals surface area contributed by atoms with Gasteiger partial charge in [0, 0.05) is 11.8 Å². The standard InChI is InChI=1S/C25H26N4O4S/c1-25(31)20-11-3-2-6-17(20)14-29-21(25)13-22(27-29)34(32,33)28-24(30)26-23-18-9-4-7-15(18)12-16-8-5-10-19(16)23/h2-3,6,11-13,31H,4-5,7-10,14H2,1H3,(H2,26,28,30). The van der Waals surface area contributed by atoms with Crippen molar-refractivity contribution in [2.24, 2.45) is 0 Å². The van der Waals surface area contributed by atoms with E-state index in [9.17, 15) is 18.3 Å². The molecule has 3 N–H and O–H groups in total. The number of anilines is 1. The van der Waals surface area contributed by atoms with Crippen molar-refractivity contribution >= 4 is 21.7 Å². The van der Waals surface area contributed by atoms with E-state index in [1.54, 1.807) is 6.92 Å². The largest absolute Gasteiger partial charge is 0.379 e. The summed E-state index contributed by atoms with van der Waals surface area (Å²) in [4.78, 5) is 12.9. The summed E-state index contributed by atoms with van der Waals surface area (Å²) in [5.74, 6) is 0. The second-order valence-corrected chi connectivity index (χ2v) is 11.2. The van der Waals surface area contributed by atoms with E-state index in [0.29, 0.717) is 17.8 Å². The van der Waals surface area contributed by atoms with Gasteiger partial charge in [-0.1, -0.05) is 30.3 Å². The normalized spacial score (nSPS) is 20.3. The van der Waals surface area contributed by atoms with Crippen molar-refractivity contribution in [1.82, 2.24) is 14.5 Å². The molecule has 0 saturated carbocycles. The molecule has 8 nitrogen and oxygen atoms in total. The van der Waals surface area contributed by atoms with Gasteiger partial charge in [-0.15, -0.1) is 0 Å². The number of sulfonamides is 1. The molecule has 2 aromatic carbocycles. The highest BCUT2D eigenvalue weighted by atomic mass is 32.2. The number of urea groups is 1. The molecule has 1 atom stereocenters. The Kier molecular flexibility index (Phi) is 4.66.